The van der Waals surface area contributed by atoms with Gasteiger partial charge in [0.15, 0.2) is 5.16 Å². The molecule has 0 aliphatic heterocycles. The first-order valence-electron chi connectivity index (χ1n) is 9.83. The highest BCUT2D eigenvalue weighted by molar-refractivity contribution is 7.99. The van der Waals surface area contributed by atoms with Crippen LogP contribution in [-0.4, -0.2) is 34.3 Å². The Bertz CT molecular complexity index is 896. The maximum atomic E-state index is 12.5. The third kappa shape index (κ3) is 5.04. The van der Waals surface area contributed by atoms with Gasteiger partial charge in [0.1, 0.15) is 5.00 Å². The van der Waals surface area contributed by atoms with Crippen LogP contribution in [0.3, 0.4) is 0 Å². The van der Waals surface area contributed by atoms with Crippen molar-refractivity contribution in [2.75, 3.05) is 18.2 Å². The van der Waals surface area contributed by atoms with Gasteiger partial charge in [-0.2, -0.15) is 0 Å². The fraction of sp³-hybridized carbons (Fsp3) is 0.571. The Kier molecular flexibility index (Phi) is 6.73. The smallest absolute Gasteiger partial charge is 0.341 e. The zero-order valence-electron chi connectivity index (χ0n) is 17.7. The second kappa shape index (κ2) is 8.92. The van der Waals surface area contributed by atoms with E-state index in [4.69, 9.17) is 4.74 Å². The summed E-state index contributed by atoms with van der Waals surface area (Å²) in [6, 6.07) is 0. The molecule has 0 aromatic carbocycles. The van der Waals surface area contributed by atoms with Gasteiger partial charge in [-0.15, -0.1) is 11.3 Å². The number of nitrogens with one attached hydrogen (secondary N) is 1. The quantitative estimate of drug-likeness (QED) is 0.533. The first-order valence-corrected chi connectivity index (χ1v) is 11.6. The number of hydrogen-bond donors (Lipinski definition) is 1. The van der Waals surface area contributed by atoms with Gasteiger partial charge in [0.25, 0.3) is 0 Å². The second-order valence-corrected chi connectivity index (χ2v) is 10.6. The molecular formula is C21H29N3O3S2. The lowest BCUT2D eigenvalue weighted by Crippen LogP contribution is -2.26. The molecule has 1 aliphatic carbocycles. The summed E-state index contributed by atoms with van der Waals surface area (Å²) in [5, 5.41) is 4.48. The summed E-state index contributed by atoms with van der Waals surface area (Å²) >= 11 is 3.07. The number of hydrogen-bond acceptors (Lipinski definition) is 6. The monoisotopic (exact) mass is 435 g/mol. The maximum Gasteiger partial charge on any atom is 0.341 e. The molecule has 0 spiro atoms. The Morgan fingerprint density at radius 1 is 1.41 bits per heavy atom. The van der Waals surface area contributed by atoms with Crippen molar-refractivity contribution in [2.24, 2.45) is 18.4 Å². The minimum Gasteiger partial charge on any atom is -0.465 e. The first-order chi connectivity index (χ1) is 13.7. The van der Waals surface area contributed by atoms with Crippen molar-refractivity contribution in [3.63, 3.8) is 0 Å². The number of aromatic nitrogens is 2. The number of thioether (sulfide) groups is 1. The molecule has 1 amide bonds. The number of rotatable bonds is 6. The van der Waals surface area contributed by atoms with Crippen molar-refractivity contribution >= 4 is 40.0 Å². The molecule has 1 aliphatic rings. The van der Waals surface area contributed by atoms with Crippen LogP contribution in [-0.2, 0) is 29.4 Å². The third-order valence-corrected chi connectivity index (χ3v) is 7.70. The van der Waals surface area contributed by atoms with Crippen LogP contribution in [0.4, 0.5) is 5.00 Å². The van der Waals surface area contributed by atoms with Crippen LogP contribution < -0.4 is 5.32 Å². The summed E-state index contributed by atoms with van der Waals surface area (Å²) in [5.41, 5.74) is 1.82. The average molecular weight is 436 g/mol. The summed E-state index contributed by atoms with van der Waals surface area (Å²) in [7, 11) is 3.32. The topological polar surface area (TPSA) is 73.2 Å². The number of anilines is 1. The summed E-state index contributed by atoms with van der Waals surface area (Å²) < 4.78 is 6.95. The van der Waals surface area contributed by atoms with Crippen LogP contribution in [0.25, 0.3) is 0 Å². The predicted molar refractivity (Wildman–Crippen MR) is 118 cm³/mol. The van der Waals surface area contributed by atoms with E-state index in [1.165, 1.54) is 23.3 Å². The van der Waals surface area contributed by atoms with Crippen LogP contribution in [0.5, 0.6) is 0 Å². The van der Waals surface area contributed by atoms with Gasteiger partial charge in [-0.3, -0.25) is 4.79 Å². The van der Waals surface area contributed by atoms with Gasteiger partial charge in [0, 0.05) is 36.5 Å². The molecule has 6 nitrogen and oxygen atoms in total. The lowest BCUT2D eigenvalue weighted by atomic mass is 9.72. The maximum absolute atomic E-state index is 12.5. The molecule has 29 heavy (non-hydrogen) atoms. The number of imidazole rings is 1. The number of methoxy groups -OCH3 is 1. The van der Waals surface area contributed by atoms with E-state index in [0.717, 1.165) is 30.0 Å². The number of amides is 1. The van der Waals surface area contributed by atoms with Gasteiger partial charge in [0.2, 0.25) is 5.91 Å². The van der Waals surface area contributed by atoms with E-state index in [0.29, 0.717) is 28.7 Å². The zero-order chi connectivity index (χ0) is 21.2. The van der Waals surface area contributed by atoms with Gasteiger partial charge in [-0.25, -0.2) is 9.78 Å². The number of carbonyl (C=O) groups excluding carboxylic acids is 2. The molecule has 8 heteroatoms. The Morgan fingerprint density at radius 2 is 2.17 bits per heavy atom. The third-order valence-electron chi connectivity index (χ3n) is 5.47. The zero-order valence-corrected chi connectivity index (χ0v) is 19.3. The van der Waals surface area contributed by atoms with E-state index in [2.05, 4.69) is 31.1 Å². The number of ether oxygens (including phenoxy) is 1. The van der Waals surface area contributed by atoms with Crippen molar-refractivity contribution in [2.45, 2.75) is 51.6 Å². The SMILES string of the molecule is COC(=O)c1c(NC(=O)CCSc2nccn2C)sc2c1CCC(C(C)(C)C)C2. The van der Waals surface area contributed by atoms with E-state index < -0.39 is 0 Å². The van der Waals surface area contributed by atoms with Gasteiger partial charge in [-0.05, 0) is 36.2 Å². The van der Waals surface area contributed by atoms with Crippen LogP contribution in [0.1, 0.15) is 54.4 Å². The standard InChI is InChI=1S/C21H29N3O3S2/c1-21(2,3)13-6-7-14-15(12-13)29-18(17(14)19(26)27-5)23-16(25)8-11-28-20-22-9-10-24(20)4/h9-10,13H,6-8,11-12H2,1-5H3,(H,23,25). The van der Waals surface area contributed by atoms with E-state index in [9.17, 15) is 9.59 Å². The Labute approximate surface area is 180 Å². The molecule has 1 atom stereocenters. The van der Waals surface area contributed by atoms with Crippen LogP contribution >= 0.6 is 23.1 Å². The van der Waals surface area contributed by atoms with Gasteiger partial charge in [0.05, 0.1) is 12.7 Å². The molecule has 0 saturated carbocycles. The van der Waals surface area contributed by atoms with Gasteiger partial charge in [-0.1, -0.05) is 32.5 Å². The predicted octanol–water partition coefficient (Wildman–Crippen LogP) is 4.54. The summed E-state index contributed by atoms with van der Waals surface area (Å²) in [4.78, 5) is 30.4. The minimum atomic E-state index is -0.366. The van der Waals surface area contributed by atoms with Crippen molar-refractivity contribution in [1.82, 2.24) is 9.55 Å². The van der Waals surface area contributed by atoms with Crippen LogP contribution in [0, 0.1) is 11.3 Å². The lowest BCUT2D eigenvalue weighted by Gasteiger charge is -2.33. The molecule has 158 valence electrons. The Hall–Kier alpha value is -1.80. The molecule has 0 bridgehead atoms. The van der Waals surface area contributed by atoms with E-state index >= 15 is 0 Å². The lowest BCUT2D eigenvalue weighted by molar-refractivity contribution is -0.115. The fourth-order valence-electron chi connectivity index (χ4n) is 3.65. The summed E-state index contributed by atoms with van der Waals surface area (Å²) in [6.07, 6.45) is 6.82. The van der Waals surface area contributed by atoms with Gasteiger partial charge < -0.3 is 14.6 Å². The van der Waals surface area contributed by atoms with E-state index in [-0.39, 0.29) is 17.3 Å². The number of esters is 1. The molecular weight excluding hydrogens is 406 g/mol. The van der Waals surface area contributed by atoms with Crippen molar-refractivity contribution < 1.29 is 14.3 Å². The molecule has 2 aromatic rings. The largest absolute Gasteiger partial charge is 0.465 e. The Balaban J connectivity index is 1.71. The van der Waals surface area contributed by atoms with E-state index in [1.54, 1.807) is 18.0 Å². The molecule has 0 fully saturated rings. The number of thiophene rings is 1. The minimum absolute atomic E-state index is 0.0946. The number of nitrogens with zero attached hydrogens (tertiary/aromatic N) is 2. The molecule has 1 N–H and O–H groups in total. The fourth-order valence-corrected chi connectivity index (χ4v) is 5.85. The molecule has 3 rings (SSSR count). The summed E-state index contributed by atoms with van der Waals surface area (Å²) in [5.74, 6) is 0.732. The number of aryl methyl sites for hydroxylation is 1. The van der Waals surface area contributed by atoms with Crippen molar-refractivity contribution in [3.8, 4) is 0 Å². The van der Waals surface area contributed by atoms with Crippen molar-refractivity contribution in [3.05, 3.63) is 28.4 Å². The van der Waals surface area contributed by atoms with E-state index in [1.807, 2.05) is 17.8 Å². The molecule has 1 unspecified atom stereocenters. The molecule has 2 heterocycles. The summed E-state index contributed by atoms with van der Waals surface area (Å²) in [6.45, 7) is 6.79. The number of carbonyl (C=O) groups is 2. The highest BCUT2D eigenvalue weighted by Gasteiger charge is 2.34. The van der Waals surface area contributed by atoms with Crippen LogP contribution in [0.15, 0.2) is 17.6 Å². The molecule has 0 saturated heterocycles. The van der Waals surface area contributed by atoms with Gasteiger partial charge >= 0.3 is 5.97 Å². The molecule has 2 aromatic heterocycles. The first kappa shape index (κ1) is 21.9. The molecule has 0 radical (unpaired) electrons. The average Bonchev–Trinajstić information content (AvgIpc) is 3.22. The Morgan fingerprint density at radius 3 is 2.79 bits per heavy atom. The second-order valence-electron chi connectivity index (χ2n) is 8.47. The highest BCUT2D eigenvalue weighted by atomic mass is 32.2. The normalized spacial score (nSPS) is 16.4. The van der Waals surface area contributed by atoms with Crippen LogP contribution in [0.2, 0.25) is 0 Å². The van der Waals surface area contributed by atoms with Crippen molar-refractivity contribution in [1.29, 1.82) is 0 Å². The highest BCUT2D eigenvalue weighted by Crippen LogP contribution is 2.44. The number of fused-ring (bicyclic) bond motifs is 1.